The molecule has 0 saturated heterocycles. The number of rotatable bonds is 8. The van der Waals surface area contributed by atoms with Crippen molar-refractivity contribution >= 4 is 11.8 Å². The molecule has 2 aromatic carbocycles. The van der Waals surface area contributed by atoms with Crippen LogP contribution in [0.25, 0.3) is 11.1 Å². The summed E-state index contributed by atoms with van der Waals surface area (Å²) in [4.78, 5) is 8.07. The molecular weight excluding hydrogens is 392 g/mol. The molecule has 1 aliphatic carbocycles. The highest BCUT2D eigenvalue weighted by Crippen LogP contribution is 2.46. The standard InChI is InChI=1S/C24H28N4O3/c1-3-30-20-11-15(10-16-13-27-23(26)28-22(16)25)4-6-18(20)19-7-5-17(29)12-21(19)31-14-24(2)8-9-24/h4-7,11-13,29H,3,8-10,14H2,1-2H3,(H4,25,26,27,28). The summed E-state index contributed by atoms with van der Waals surface area (Å²) in [5.74, 6) is 2.10. The summed E-state index contributed by atoms with van der Waals surface area (Å²) in [6.07, 6.45) is 4.54. The molecule has 4 rings (SSSR count). The molecule has 7 heteroatoms. The van der Waals surface area contributed by atoms with Crippen LogP contribution in [-0.4, -0.2) is 28.3 Å². The van der Waals surface area contributed by atoms with Gasteiger partial charge in [0, 0.05) is 40.8 Å². The molecule has 1 fully saturated rings. The Morgan fingerprint density at radius 3 is 2.42 bits per heavy atom. The minimum Gasteiger partial charge on any atom is -0.508 e. The van der Waals surface area contributed by atoms with Gasteiger partial charge in [-0.25, -0.2) is 4.98 Å². The first-order chi connectivity index (χ1) is 14.9. The number of phenols is 1. The lowest BCUT2D eigenvalue weighted by molar-refractivity contribution is 0.247. The maximum atomic E-state index is 10.0. The van der Waals surface area contributed by atoms with Crippen molar-refractivity contribution in [2.75, 3.05) is 24.7 Å². The van der Waals surface area contributed by atoms with Crippen LogP contribution in [0.3, 0.4) is 0 Å². The summed E-state index contributed by atoms with van der Waals surface area (Å²) in [5, 5.41) is 10.0. The number of nitrogen functional groups attached to an aromatic ring is 2. The first-order valence-corrected chi connectivity index (χ1v) is 10.5. The van der Waals surface area contributed by atoms with Crippen molar-refractivity contribution in [1.82, 2.24) is 9.97 Å². The fourth-order valence-corrected chi connectivity index (χ4v) is 3.43. The van der Waals surface area contributed by atoms with Gasteiger partial charge < -0.3 is 26.0 Å². The number of aromatic hydroxyl groups is 1. The summed E-state index contributed by atoms with van der Waals surface area (Å²) >= 11 is 0. The maximum absolute atomic E-state index is 10.0. The second kappa shape index (κ2) is 8.34. The van der Waals surface area contributed by atoms with E-state index in [1.807, 2.05) is 31.2 Å². The highest BCUT2D eigenvalue weighted by molar-refractivity contribution is 5.77. The van der Waals surface area contributed by atoms with Crippen LogP contribution in [0.4, 0.5) is 11.8 Å². The van der Waals surface area contributed by atoms with Crippen molar-refractivity contribution in [3.8, 4) is 28.4 Å². The lowest BCUT2D eigenvalue weighted by Gasteiger charge is -2.18. The summed E-state index contributed by atoms with van der Waals surface area (Å²) < 4.78 is 12.1. The molecule has 1 saturated carbocycles. The van der Waals surface area contributed by atoms with Gasteiger partial charge >= 0.3 is 0 Å². The van der Waals surface area contributed by atoms with Crippen molar-refractivity contribution in [1.29, 1.82) is 0 Å². The lowest BCUT2D eigenvalue weighted by Crippen LogP contribution is -2.09. The molecule has 1 aliphatic rings. The lowest BCUT2D eigenvalue weighted by atomic mass is 9.98. The van der Waals surface area contributed by atoms with Crippen LogP contribution in [0, 0.1) is 5.41 Å². The number of hydrogen-bond acceptors (Lipinski definition) is 7. The fraction of sp³-hybridized carbons (Fsp3) is 0.333. The molecule has 31 heavy (non-hydrogen) atoms. The van der Waals surface area contributed by atoms with Gasteiger partial charge in [0.05, 0.1) is 13.2 Å². The number of nitrogens with zero attached hydrogens (tertiary/aromatic N) is 2. The van der Waals surface area contributed by atoms with Crippen molar-refractivity contribution in [2.45, 2.75) is 33.1 Å². The topological polar surface area (TPSA) is 117 Å². The average molecular weight is 421 g/mol. The number of nitrogens with two attached hydrogens (primary N) is 2. The number of phenolic OH excluding ortho intramolecular Hbond substituents is 1. The van der Waals surface area contributed by atoms with Gasteiger partial charge in [0.2, 0.25) is 5.95 Å². The first kappa shape index (κ1) is 20.8. The average Bonchev–Trinajstić information content (AvgIpc) is 3.47. The Morgan fingerprint density at radius 1 is 1.03 bits per heavy atom. The van der Waals surface area contributed by atoms with E-state index in [1.165, 1.54) is 0 Å². The van der Waals surface area contributed by atoms with E-state index >= 15 is 0 Å². The Hall–Kier alpha value is -3.48. The van der Waals surface area contributed by atoms with E-state index in [1.54, 1.807) is 18.3 Å². The molecule has 7 nitrogen and oxygen atoms in total. The molecule has 1 heterocycles. The summed E-state index contributed by atoms with van der Waals surface area (Å²) in [6.45, 7) is 5.31. The summed E-state index contributed by atoms with van der Waals surface area (Å²) in [7, 11) is 0. The SMILES string of the molecule is CCOc1cc(Cc2cnc(N)nc2N)ccc1-c1ccc(O)cc1OCC1(C)CC1. The third-order valence-electron chi connectivity index (χ3n) is 5.59. The van der Waals surface area contributed by atoms with E-state index in [-0.39, 0.29) is 17.1 Å². The van der Waals surface area contributed by atoms with E-state index in [2.05, 4.69) is 16.9 Å². The molecule has 0 bridgehead atoms. The zero-order valence-corrected chi connectivity index (χ0v) is 17.9. The van der Waals surface area contributed by atoms with Crippen LogP contribution in [-0.2, 0) is 6.42 Å². The predicted molar refractivity (Wildman–Crippen MR) is 121 cm³/mol. The minimum atomic E-state index is 0.159. The zero-order valence-electron chi connectivity index (χ0n) is 17.9. The molecule has 5 N–H and O–H groups in total. The third-order valence-corrected chi connectivity index (χ3v) is 5.59. The van der Waals surface area contributed by atoms with E-state index in [9.17, 15) is 5.11 Å². The zero-order chi connectivity index (χ0) is 22.0. The summed E-state index contributed by atoms with van der Waals surface area (Å²) in [6, 6.07) is 11.2. The largest absolute Gasteiger partial charge is 0.508 e. The normalized spacial score (nSPS) is 14.3. The van der Waals surface area contributed by atoms with Gasteiger partial charge in [-0.3, -0.25) is 0 Å². The van der Waals surface area contributed by atoms with Crippen LogP contribution in [0.15, 0.2) is 42.6 Å². The van der Waals surface area contributed by atoms with Crippen LogP contribution in [0.5, 0.6) is 17.2 Å². The van der Waals surface area contributed by atoms with Gasteiger partial charge in [0.1, 0.15) is 23.1 Å². The Morgan fingerprint density at radius 2 is 1.74 bits per heavy atom. The fourth-order valence-electron chi connectivity index (χ4n) is 3.43. The maximum Gasteiger partial charge on any atom is 0.221 e. The molecule has 3 aromatic rings. The Labute approximate surface area is 182 Å². The number of benzene rings is 2. The van der Waals surface area contributed by atoms with E-state index < -0.39 is 0 Å². The molecule has 162 valence electrons. The Balaban J connectivity index is 1.66. The quantitative estimate of drug-likeness (QED) is 0.500. The van der Waals surface area contributed by atoms with Gasteiger partial charge in [-0.2, -0.15) is 4.98 Å². The Kier molecular flexibility index (Phi) is 5.59. The van der Waals surface area contributed by atoms with Gasteiger partial charge in [-0.05, 0) is 43.5 Å². The molecular formula is C24H28N4O3. The second-order valence-corrected chi connectivity index (χ2v) is 8.36. The van der Waals surface area contributed by atoms with Gasteiger partial charge in [0.15, 0.2) is 0 Å². The van der Waals surface area contributed by atoms with Gasteiger partial charge in [-0.15, -0.1) is 0 Å². The van der Waals surface area contributed by atoms with E-state index in [0.717, 1.165) is 40.8 Å². The molecule has 0 spiro atoms. The first-order valence-electron chi connectivity index (χ1n) is 10.5. The van der Waals surface area contributed by atoms with E-state index in [4.69, 9.17) is 20.9 Å². The van der Waals surface area contributed by atoms with Gasteiger partial charge in [-0.1, -0.05) is 19.1 Å². The molecule has 0 aliphatic heterocycles. The monoisotopic (exact) mass is 420 g/mol. The summed E-state index contributed by atoms with van der Waals surface area (Å²) in [5.41, 5.74) is 15.4. The van der Waals surface area contributed by atoms with E-state index in [0.29, 0.717) is 31.2 Å². The Bertz CT molecular complexity index is 1100. The number of anilines is 2. The van der Waals surface area contributed by atoms with Crippen molar-refractivity contribution in [2.24, 2.45) is 5.41 Å². The molecule has 0 amide bonds. The number of hydrogen-bond donors (Lipinski definition) is 3. The second-order valence-electron chi connectivity index (χ2n) is 8.36. The highest BCUT2D eigenvalue weighted by atomic mass is 16.5. The minimum absolute atomic E-state index is 0.159. The molecule has 0 atom stereocenters. The smallest absolute Gasteiger partial charge is 0.221 e. The van der Waals surface area contributed by atoms with Crippen LogP contribution in [0.1, 0.15) is 37.8 Å². The highest BCUT2D eigenvalue weighted by Gasteiger charge is 2.38. The number of aromatic nitrogens is 2. The van der Waals surface area contributed by atoms with Crippen LogP contribution in [0.2, 0.25) is 0 Å². The van der Waals surface area contributed by atoms with Crippen molar-refractivity contribution in [3.05, 3.63) is 53.7 Å². The van der Waals surface area contributed by atoms with Gasteiger partial charge in [0.25, 0.3) is 0 Å². The molecule has 1 aromatic heterocycles. The van der Waals surface area contributed by atoms with Crippen molar-refractivity contribution < 1.29 is 14.6 Å². The molecule has 0 radical (unpaired) electrons. The molecule has 0 unspecified atom stereocenters. The van der Waals surface area contributed by atoms with Crippen LogP contribution >= 0.6 is 0 Å². The predicted octanol–water partition coefficient (Wildman–Crippen LogP) is 4.18. The number of ether oxygens (including phenoxy) is 2. The third kappa shape index (κ3) is 4.82. The van der Waals surface area contributed by atoms with Crippen LogP contribution < -0.4 is 20.9 Å². The van der Waals surface area contributed by atoms with Crippen molar-refractivity contribution in [3.63, 3.8) is 0 Å².